The average molecular weight is 433 g/mol. The van der Waals surface area contributed by atoms with Crippen LogP contribution in [0.1, 0.15) is 10.4 Å². The van der Waals surface area contributed by atoms with E-state index in [0.717, 1.165) is 21.8 Å². The van der Waals surface area contributed by atoms with Gasteiger partial charge in [0.2, 0.25) is 5.91 Å². The van der Waals surface area contributed by atoms with Gasteiger partial charge in [-0.25, -0.2) is 4.68 Å². The van der Waals surface area contributed by atoms with Gasteiger partial charge in [0.25, 0.3) is 0 Å². The summed E-state index contributed by atoms with van der Waals surface area (Å²) in [5.74, 6) is 1.37. The van der Waals surface area contributed by atoms with Crippen molar-refractivity contribution in [1.29, 1.82) is 0 Å². The lowest BCUT2D eigenvalue weighted by atomic mass is 10.1. The Labute approximate surface area is 182 Å². The van der Waals surface area contributed by atoms with Crippen LogP contribution in [-0.4, -0.2) is 39.3 Å². The molecule has 8 nitrogen and oxygen atoms in total. The molecule has 2 aromatic carbocycles. The third-order valence-corrected chi connectivity index (χ3v) is 5.80. The number of aromatic nitrogens is 4. The van der Waals surface area contributed by atoms with Gasteiger partial charge in [0.1, 0.15) is 19.5 Å². The minimum absolute atomic E-state index is 0.000232. The van der Waals surface area contributed by atoms with Gasteiger partial charge >= 0.3 is 0 Å². The zero-order chi connectivity index (χ0) is 21.0. The number of tetrazole rings is 1. The van der Waals surface area contributed by atoms with Crippen LogP contribution in [-0.2, 0) is 17.8 Å². The number of carbonyl (C=O) groups excluding carboxylic acids is 1. The van der Waals surface area contributed by atoms with Gasteiger partial charge in [0.15, 0.2) is 11.5 Å². The highest BCUT2D eigenvalue weighted by atomic mass is 32.1. The number of carbonyl (C=O) groups is 1. The fourth-order valence-corrected chi connectivity index (χ4v) is 4.09. The first-order chi connectivity index (χ1) is 15.3. The third-order valence-electron chi connectivity index (χ3n) is 4.94. The largest absolute Gasteiger partial charge is 0.486 e. The van der Waals surface area contributed by atoms with E-state index in [9.17, 15) is 4.79 Å². The minimum atomic E-state index is 0.000232. The summed E-state index contributed by atoms with van der Waals surface area (Å²) in [6, 6.07) is 17.3. The molecule has 0 spiro atoms. The number of fused-ring (bicyclic) bond motifs is 1. The number of amides is 1. The SMILES string of the molecule is O=C(Cc1ccc(-n2cnnn2)cc1)N(Cc1cccs1)c1ccc2c(c1)OCCO2. The first kappa shape index (κ1) is 19.3. The maximum absolute atomic E-state index is 13.3. The Balaban J connectivity index is 1.39. The van der Waals surface area contributed by atoms with Crippen LogP contribution in [0.5, 0.6) is 11.5 Å². The van der Waals surface area contributed by atoms with Crippen molar-refractivity contribution in [2.24, 2.45) is 0 Å². The highest BCUT2D eigenvalue weighted by molar-refractivity contribution is 7.09. The predicted octanol–water partition coefficient (Wildman–Crippen LogP) is 3.27. The number of hydrogen-bond donors (Lipinski definition) is 0. The second-order valence-electron chi connectivity index (χ2n) is 6.98. The van der Waals surface area contributed by atoms with Crippen molar-refractivity contribution < 1.29 is 14.3 Å². The van der Waals surface area contributed by atoms with Gasteiger partial charge in [-0.15, -0.1) is 16.4 Å². The molecule has 3 heterocycles. The molecule has 0 fully saturated rings. The van der Waals surface area contributed by atoms with Crippen LogP contribution in [0.25, 0.3) is 5.69 Å². The molecule has 31 heavy (non-hydrogen) atoms. The number of benzene rings is 2. The van der Waals surface area contributed by atoms with E-state index in [0.29, 0.717) is 31.3 Å². The second kappa shape index (κ2) is 8.57. The van der Waals surface area contributed by atoms with Gasteiger partial charge in [-0.05, 0) is 51.7 Å². The highest BCUT2D eigenvalue weighted by Crippen LogP contribution is 2.35. The first-order valence-corrected chi connectivity index (χ1v) is 10.7. The molecule has 0 radical (unpaired) electrons. The molecule has 0 saturated carbocycles. The molecule has 0 saturated heterocycles. The van der Waals surface area contributed by atoms with Crippen LogP contribution >= 0.6 is 11.3 Å². The molecule has 0 N–H and O–H groups in total. The quantitative estimate of drug-likeness (QED) is 0.464. The number of thiophene rings is 1. The molecular formula is C22H19N5O3S. The van der Waals surface area contributed by atoms with Gasteiger partial charge in [0, 0.05) is 16.6 Å². The van der Waals surface area contributed by atoms with Crippen molar-refractivity contribution in [1.82, 2.24) is 20.2 Å². The second-order valence-corrected chi connectivity index (χ2v) is 8.02. The Morgan fingerprint density at radius 2 is 1.90 bits per heavy atom. The van der Waals surface area contributed by atoms with Crippen molar-refractivity contribution in [2.45, 2.75) is 13.0 Å². The Hall–Kier alpha value is -3.72. The van der Waals surface area contributed by atoms with E-state index < -0.39 is 0 Å². The summed E-state index contributed by atoms with van der Waals surface area (Å²) in [4.78, 5) is 16.2. The summed E-state index contributed by atoms with van der Waals surface area (Å²) in [6.45, 7) is 1.53. The number of nitrogens with zero attached hydrogens (tertiary/aromatic N) is 5. The molecule has 0 unspecified atom stereocenters. The molecule has 4 aromatic rings. The Kier molecular flexibility index (Phi) is 5.32. The molecule has 5 rings (SSSR count). The van der Waals surface area contributed by atoms with E-state index in [1.807, 2.05) is 60.0 Å². The zero-order valence-corrected chi connectivity index (χ0v) is 17.4. The van der Waals surface area contributed by atoms with E-state index in [-0.39, 0.29) is 12.3 Å². The Morgan fingerprint density at radius 3 is 2.65 bits per heavy atom. The molecular weight excluding hydrogens is 414 g/mol. The summed E-state index contributed by atoms with van der Waals surface area (Å²) < 4.78 is 12.9. The summed E-state index contributed by atoms with van der Waals surface area (Å²) >= 11 is 1.63. The lowest BCUT2D eigenvalue weighted by Crippen LogP contribution is -2.31. The van der Waals surface area contributed by atoms with Crippen LogP contribution in [0.15, 0.2) is 66.3 Å². The molecule has 1 amide bonds. The van der Waals surface area contributed by atoms with Crippen LogP contribution in [0, 0.1) is 0 Å². The monoisotopic (exact) mass is 433 g/mol. The van der Waals surface area contributed by atoms with Crippen LogP contribution in [0.2, 0.25) is 0 Å². The molecule has 0 bridgehead atoms. The van der Waals surface area contributed by atoms with Crippen molar-refractivity contribution in [3.05, 3.63) is 76.7 Å². The Bertz CT molecular complexity index is 1160. The topological polar surface area (TPSA) is 82.4 Å². The molecule has 0 atom stereocenters. The summed E-state index contributed by atoms with van der Waals surface area (Å²) in [7, 11) is 0. The molecule has 9 heteroatoms. The summed E-state index contributed by atoms with van der Waals surface area (Å²) in [5, 5.41) is 13.2. The number of rotatable bonds is 6. The molecule has 1 aliphatic heterocycles. The molecule has 2 aromatic heterocycles. The molecule has 1 aliphatic rings. The lowest BCUT2D eigenvalue weighted by Gasteiger charge is -2.25. The number of anilines is 1. The molecule has 156 valence electrons. The lowest BCUT2D eigenvalue weighted by molar-refractivity contribution is -0.118. The fourth-order valence-electron chi connectivity index (χ4n) is 3.40. The van der Waals surface area contributed by atoms with Crippen molar-refractivity contribution in [2.75, 3.05) is 18.1 Å². The maximum atomic E-state index is 13.3. The summed E-state index contributed by atoms with van der Waals surface area (Å²) in [5.41, 5.74) is 2.53. The highest BCUT2D eigenvalue weighted by Gasteiger charge is 2.20. The van der Waals surface area contributed by atoms with E-state index >= 15 is 0 Å². The van der Waals surface area contributed by atoms with Crippen LogP contribution in [0.3, 0.4) is 0 Å². The first-order valence-electron chi connectivity index (χ1n) is 9.81. The van der Waals surface area contributed by atoms with Crippen LogP contribution < -0.4 is 14.4 Å². The fraction of sp³-hybridized carbons (Fsp3) is 0.182. The van der Waals surface area contributed by atoms with E-state index in [1.165, 1.54) is 6.33 Å². The van der Waals surface area contributed by atoms with E-state index in [2.05, 4.69) is 15.5 Å². The Morgan fingerprint density at radius 1 is 1.06 bits per heavy atom. The normalized spacial score (nSPS) is 12.5. The maximum Gasteiger partial charge on any atom is 0.231 e. The smallest absolute Gasteiger partial charge is 0.231 e. The zero-order valence-electron chi connectivity index (χ0n) is 16.5. The van der Waals surface area contributed by atoms with Gasteiger partial charge in [-0.3, -0.25) is 4.79 Å². The molecule has 0 aliphatic carbocycles. The van der Waals surface area contributed by atoms with Crippen molar-refractivity contribution >= 4 is 22.9 Å². The number of ether oxygens (including phenoxy) is 2. The predicted molar refractivity (Wildman–Crippen MR) is 116 cm³/mol. The third kappa shape index (κ3) is 4.26. The minimum Gasteiger partial charge on any atom is -0.486 e. The van der Waals surface area contributed by atoms with Crippen molar-refractivity contribution in [3.8, 4) is 17.2 Å². The summed E-state index contributed by atoms with van der Waals surface area (Å²) in [6.07, 6.45) is 1.81. The van der Waals surface area contributed by atoms with Gasteiger partial charge in [-0.1, -0.05) is 18.2 Å². The van der Waals surface area contributed by atoms with Crippen molar-refractivity contribution in [3.63, 3.8) is 0 Å². The van der Waals surface area contributed by atoms with Gasteiger partial charge < -0.3 is 14.4 Å². The number of hydrogen-bond acceptors (Lipinski definition) is 7. The van der Waals surface area contributed by atoms with Gasteiger partial charge in [-0.2, -0.15) is 0 Å². The van der Waals surface area contributed by atoms with Crippen LogP contribution in [0.4, 0.5) is 5.69 Å². The van der Waals surface area contributed by atoms with E-state index in [1.54, 1.807) is 20.9 Å². The van der Waals surface area contributed by atoms with Gasteiger partial charge in [0.05, 0.1) is 18.7 Å². The average Bonchev–Trinajstić information content (AvgIpc) is 3.52. The van der Waals surface area contributed by atoms with E-state index in [4.69, 9.17) is 9.47 Å². The standard InChI is InChI=1S/C22H19N5O3S/c28-22(12-16-3-5-17(6-4-16)27-15-23-24-25-27)26(14-19-2-1-11-31-19)18-7-8-20-21(13-18)30-10-9-29-20/h1-8,11,13,15H,9-10,12,14H2.